The van der Waals surface area contributed by atoms with Crippen LogP contribution in [0.15, 0.2) is 54.6 Å². The molecule has 0 aliphatic carbocycles. The van der Waals surface area contributed by atoms with Crippen molar-refractivity contribution in [2.75, 3.05) is 0 Å². The first-order valence-corrected chi connectivity index (χ1v) is 6.62. The first kappa shape index (κ1) is 11.5. The number of benzene rings is 2. The van der Waals surface area contributed by atoms with Gasteiger partial charge in [-0.3, -0.25) is 4.90 Å². The van der Waals surface area contributed by atoms with Gasteiger partial charge in [0, 0.05) is 12.6 Å². The molecule has 3 rings (SSSR count). The summed E-state index contributed by atoms with van der Waals surface area (Å²) in [5.74, 6) is 0. The Morgan fingerprint density at radius 3 is 2.28 bits per heavy atom. The van der Waals surface area contributed by atoms with Crippen LogP contribution in [0.4, 0.5) is 0 Å². The summed E-state index contributed by atoms with van der Waals surface area (Å²) >= 11 is 0. The smallest absolute Gasteiger partial charge is 0.0508 e. The minimum absolute atomic E-state index is 0.604. The van der Waals surface area contributed by atoms with Gasteiger partial charge in [0.25, 0.3) is 0 Å². The van der Waals surface area contributed by atoms with Crippen LogP contribution in [0.3, 0.4) is 0 Å². The lowest BCUT2D eigenvalue weighted by Crippen LogP contribution is -2.00. The van der Waals surface area contributed by atoms with Gasteiger partial charge in [-0.25, -0.2) is 0 Å². The van der Waals surface area contributed by atoms with Crippen LogP contribution in [0, 0.1) is 6.92 Å². The first-order chi connectivity index (χ1) is 8.75. The van der Waals surface area contributed by atoms with Crippen molar-refractivity contribution in [3.05, 3.63) is 71.3 Å². The van der Waals surface area contributed by atoms with Crippen LogP contribution in [0.1, 0.15) is 29.7 Å². The summed E-state index contributed by atoms with van der Waals surface area (Å²) in [5.41, 5.74) is 4.18. The van der Waals surface area contributed by atoms with Crippen LogP contribution in [0.25, 0.3) is 0 Å². The molecule has 0 bridgehead atoms. The highest BCUT2D eigenvalue weighted by atomic mass is 15.3. The fraction of sp³-hybridized carbons (Fsp3) is 0.294. The molecule has 0 aromatic heterocycles. The number of rotatable bonds is 3. The van der Waals surface area contributed by atoms with Crippen molar-refractivity contribution in [2.45, 2.75) is 32.5 Å². The molecule has 0 spiro atoms. The summed E-state index contributed by atoms with van der Waals surface area (Å²) in [6.07, 6.45) is 0. The SMILES string of the molecule is Cc1ccc(CN2[C@H](c3ccccc3)[C@@H]2C)cc1. The predicted octanol–water partition coefficient (Wildman–Crippen LogP) is 3.94. The van der Waals surface area contributed by atoms with E-state index >= 15 is 0 Å². The highest BCUT2D eigenvalue weighted by Crippen LogP contribution is 2.43. The maximum Gasteiger partial charge on any atom is 0.0508 e. The maximum absolute atomic E-state index is 2.54. The molecule has 3 atom stereocenters. The maximum atomic E-state index is 2.54. The van der Waals surface area contributed by atoms with Gasteiger partial charge < -0.3 is 0 Å². The van der Waals surface area contributed by atoms with Crippen LogP contribution in [-0.2, 0) is 6.54 Å². The van der Waals surface area contributed by atoms with Gasteiger partial charge in [-0.15, -0.1) is 0 Å². The monoisotopic (exact) mass is 237 g/mol. The molecule has 1 heterocycles. The fourth-order valence-corrected chi connectivity index (χ4v) is 2.68. The van der Waals surface area contributed by atoms with Crippen molar-refractivity contribution in [1.82, 2.24) is 4.90 Å². The average molecular weight is 237 g/mol. The van der Waals surface area contributed by atoms with Gasteiger partial charge in [-0.2, -0.15) is 0 Å². The average Bonchev–Trinajstić information content (AvgIpc) is 3.03. The van der Waals surface area contributed by atoms with Gasteiger partial charge in [0.2, 0.25) is 0 Å². The molecule has 2 aromatic carbocycles. The molecule has 2 aromatic rings. The zero-order chi connectivity index (χ0) is 12.5. The van der Waals surface area contributed by atoms with E-state index in [1.165, 1.54) is 16.7 Å². The molecule has 18 heavy (non-hydrogen) atoms. The lowest BCUT2D eigenvalue weighted by Gasteiger charge is -2.05. The Morgan fingerprint density at radius 1 is 0.944 bits per heavy atom. The van der Waals surface area contributed by atoms with Crippen LogP contribution in [0.5, 0.6) is 0 Å². The number of aryl methyl sites for hydroxylation is 1. The molecular weight excluding hydrogens is 218 g/mol. The second-order valence-electron chi connectivity index (χ2n) is 5.25. The molecule has 0 N–H and O–H groups in total. The third-order valence-electron chi connectivity index (χ3n) is 3.87. The molecule has 92 valence electrons. The normalized spacial score (nSPS) is 26.0. The molecule has 0 radical (unpaired) electrons. The van der Waals surface area contributed by atoms with E-state index in [1.54, 1.807) is 0 Å². The third kappa shape index (κ3) is 2.19. The van der Waals surface area contributed by atoms with Crippen molar-refractivity contribution >= 4 is 0 Å². The Hall–Kier alpha value is -1.60. The Bertz CT molecular complexity index is 515. The highest BCUT2D eigenvalue weighted by Gasteiger charge is 2.44. The Kier molecular flexibility index (Phi) is 2.92. The van der Waals surface area contributed by atoms with E-state index in [4.69, 9.17) is 0 Å². The first-order valence-electron chi connectivity index (χ1n) is 6.62. The van der Waals surface area contributed by atoms with E-state index in [-0.39, 0.29) is 0 Å². The minimum atomic E-state index is 0.604. The second kappa shape index (κ2) is 4.58. The van der Waals surface area contributed by atoms with Crippen LogP contribution < -0.4 is 0 Å². The summed E-state index contributed by atoms with van der Waals surface area (Å²) < 4.78 is 0. The largest absolute Gasteiger partial charge is 0.286 e. The topological polar surface area (TPSA) is 3.01 Å². The van der Waals surface area contributed by atoms with E-state index in [1.807, 2.05) is 0 Å². The molecule has 1 fully saturated rings. The van der Waals surface area contributed by atoms with Gasteiger partial charge in [0.15, 0.2) is 0 Å². The molecule has 1 heteroatoms. The van der Waals surface area contributed by atoms with Crippen molar-refractivity contribution in [3.63, 3.8) is 0 Å². The summed E-state index contributed by atoms with van der Waals surface area (Å²) in [6, 6.07) is 20.9. The fourth-order valence-electron chi connectivity index (χ4n) is 2.68. The van der Waals surface area contributed by atoms with Gasteiger partial charge >= 0.3 is 0 Å². The predicted molar refractivity (Wildman–Crippen MR) is 75.4 cm³/mol. The molecule has 1 unspecified atom stereocenters. The molecule has 1 aliphatic heterocycles. The van der Waals surface area contributed by atoms with Gasteiger partial charge in [-0.1, -0.05) is 60.2 Å². The molecular formula is C17H19N. The summed E-state index contributed by atoms with van der Waals surface area (Å²) in [6.45, 7) is 5.50. The van der Waals surface area contributed by atoms with Gasteiger partial charge in [0.1, 0.15) is 0 Å². The number of hydrogen-bond acceptors (Lipinski definition) is 1. The van der Waals surface area contributed by atoms with Gasteiger partial charge in [-0.05, 0) is 25.0 Å². The Balaban J connectivity index is 1.71. The molecule has 1 aliphatic rings. The summed E-state index contributed by atoms with van der Waals surface area (Å²) in [4.78, 5) is 2.54. The Labute approximate surface area is 109 Å². The highest BCUT2D eigenvalue weighted by molar-refractivity contribution is 5.28. The second-order valence-corrected chi connectivity index (χ2v) is 5.25. The zero-order valence-electron chi connectivity index (χ0n) is 11.0. The molecule has 0 saturated carbocycles. The molecule has 1 nitrogen and oxygen atoms in total. The Morgan fingerprint density at radius 2 is 1.61 bits per heavy atom. The minimum Gasteiger partial charge on any atom is -0.286 e. The van der Waals surface area contributed by atoms with Crippen molar-refractivity contribution in [3.8, 4) is 0 Å². The lowest BCUT2D eigenvalue weighted by molar-refractivity contribution is 0.484. The van der Waals surface area contributed by atoms with E-state index in [9.17, 15) is 0 Å². The molecule has 0 amide bonds. The van der Waals surface area contributed by atoms with Crippen LogP contribution >= 0.6 is 0 Å². The van der Waals surface area contributed by atoms with E-state index in [0.717, 1.165) is 6.54 Å². The van der Waals surface area contributed by atoms with Crippen molar-refractivity contribution < 1.29 is 0 Å². The number of hydrogen-bond donors (Lipinski definition) is 0. The zero-order valence-corrected chi connectivity index (χ0v) is 11.0. The van der Waals surface area contributed by atoms with Gasteiger partial charge in [0.05, 0.1) is 6.04 Å². The number of nitrogens with zero attached hydrogens (tertiary/aromatic N) is 1. The summed E-state index contributed by atoms with van der Waals surface area (Å²) in [5, 5.41) is 0. The quantitative estimate of drug-likeness (QED) is 0.731. The van der Waals surface area contributed by atoms with E-state index < -0.39 is 0 Å². The van der Waals surface area contributed by atoms with Crippen LogP contribution in [-0.4, -0.2) is 10.9 Å². The standard InChI is InChI=1S/C17H19N/c1-13-8-10-15(11-9-13)12-18-14(2)17(18)16-6-4-3-5-7-16/h3-11,14,17H,12H2,1-2H3/t14-,17-,18?/m0/s1. The van der Waals surface area contributed by atoms with Crippen LogP contribution in [0.2, 0.25) is 0 Å². The lowest BCUT2D eigenvalue weighted by atomic mass is 10.1. The van der Waals surface area contributed by atoms with Crippen molar-refractivity contribution in [2.24, 2.45) is 0 Å². The summed E-state index contributed by atoms with van der Waals surface area (Å²) in [7, 11) is 0. The third-order valence-corrected chi connectivity index (χ3v) is 3.87. The van der Waals surface area contributed by atoms with Crippen molar-refractivity contribution in [1.29, 1.82) is 0 Å². The van der Waals surface area contributed by atoms with E-state index in [0.29, 0.717) is 12.1 Å². The van der Waals surface area contributed by atoms with E-state index in [2.05, 4.69) is 73.3 Å². The molecule has 1 saturated heterocycles.